The van der Waals surface area contributed by atoms with Crippen LogP contribution in [0.3, 0.4) is 0 Å². The number of hydrogen-bond acceptors (Lipinski definition) is 2. The monoisotopic (exact) mass is 194 g/mol. The van der Waals surface area contributed by atoms with Crippen molar-refractivity contribution in [3.63, 3.8) is 0 Å². The lowest BCUT2D eigenvalue weighted by atomic mass is 9.54. The van der Waals surface area contributed by atoms with E-state index in [4.69, 9.17) is 10.7 Å². The molecule has 3 rings (SSSR count). The number of fused-ring (bicyclic) bond motifs is 3. The Balaban J connectivity index is 2.23. The summed E-state index contributed by atoms with van der Waals surface area (Å²) in [7, 11) is 0. The Kier molecular flexibility index (Phi) is 2.09. The van der Waals surface area contributed by atoms with E-state index in [0.29, 0.717) is 5.41 Å². The van der Waals surface area contributed by atoms with E-state index < -0.39 is 0 Å². The highest BCUT2D eigenvalue weighted by Crippen LogP contribution is 2.57. The van der Waals surface area contributed by atoms with Crippen LogP contribution >= 0.6 is 0 Å². The summed E-state index contributed by atoms with van der Waals surface area (Å²) in [5.74, 6) is 0.235. The van der Waals surface area contributed by atoms with E-state index in [0.717, 1.165) is 38.5 Å². The van der Waals surface area contributed by atoms with Crippen LogP contribution < -0.4 is 0 Å². The van der Waals surface area contributed by atoms with Crippen molar-refractivity contribution < 1.29 is 5.21 Å². The minimum atomic E-state index is -0.138. The minimum Gasteiger partial charge on any atom is -0.705 e. The Labute approximate surface area is 83.9 Å². The van der Waals surface area contributed by atoms with Crippen molar-refractivity contribution in [2.24, 2.45) is 21.1 Å². The van der Waals surface area contributed by atoms with Crippen molar-refractivity contribution in [1.82, 2.24) is 0 Å². The van der Waals surface area contributed by atoms with Gasteiger partial charge in [-0.3, -0.25) is 0 Å². The first-order valence-electron chi connectivity index (χ1n) is 5.22. The van der Waals surface area contributed by atoms with Gasteiger partial charge in [-0.15, -0.1) is 0 Å². The second-order valence-corrected chi connectivity index (χ2v) is 5.11. The molecule has 0 radical (unpaired) electrons. The lowest BCUT2D eigenvalue weighted by molar-refractivity contribution is 0.0458. The highest BCUT2D eigenvalue weighted by Gasteiger charge is 2.48. The maximum absolute atomic E-state index is 8.79. The van der Waals surface area contributed by atoms with Gasteiger partial charge in [-0.25, -0.2) is 0 Å². The van der Waals surface area contributed by atoms with Crippen molar-refractivity contribution in [2.75, 3.05) is 0 Å². The molecule has 1 N–H and O–H groups in total. The van der Waals surface area contributed by atoms with E-state index in [1.807, 2.05) is 0 Å². The van der Waals surface area contributed by atoms with Crippen LogP contribution in [0.4, 0.5) is 0 Å². The molecule has 14 heavy (non-hydrogen) atoms. The zero-order valence-corrected chi connectivity index (χ0v) is 8.53. The van der Waals surface area contributed by atoms with Crippen molar-refractivity contribution in [3.05, 3.63) is 5.53 Å². The summed E-state index contributed by atoms with van der Waals surface area (Å²) >= 11 is 0. The first kappa shape index (κ1) is 9.62. The predicted molar refractivity (Wildman–Crippen MR) is 53.3 cm³/mol. The van der Waals surface area contributed by atoms with Gasteiger partial charge in [-0.05, 0) is 43.9 Å². The maximum Gasteiger partial charge on any atom is 0.153 e. The molecule has 0 aromatic heterocycles. The molecule has 0 aromatic carbocycles. The van der Waals surface area contributed by atoms with Crippen molar-refractivity contribution in [1.29, 1.82) is 0 Å². The van der Waals surface area contributed by atoms with Gasteiger partial charge < -0.3 is 15.9 Å². The quantitative estimate of drug-likeness (QED) is 0.225. The fraction of sp³-hybridized carbons (Fsp3) is 0.900. The van der Waals surface area contributed by atoms with Gasteiger partial charge in [0.2, 0.25) is 0 Å². The summed E-state index contributed by atoms with van der Waals surface area (Å²) < 4.78 is 0. The van der Waals surface area contributed by atoms with Crippen LogP contribution in [-0.4, -0.2) is 11.0 Å². The summed E-state index contributed by atoms with van der Waals surface area (Å²) in [6.45, 7) is 2.32. The molecule has 3 aliphatic carbocycles. The van der Waals surface area contributed by atoms with E-state index in [1.54, 1.807) is 0 Å². The highest BCUT2D eigenvalue weighted by atomic mass is 16.4. The van der Waals surface area contributed by atoms with Crippen LogP contribution in [0.2, 0.25) is 0 Å². The van der Waals surface area contributed by atoms with E-state index in [2.05, 4.69) is 17.2 Å². The van der Waals surface area contributed by atoms with Gasteiger partial charge in [0.25, 0.3) is 0 Å². The molecule has 0 aliphatic heterocycles. The smallest absolute Gasteiger partial charge is 0.153 e. The second-order valence-electron chi connectivity index (χ2n) is 5.11. The van der Waals surface area contributed by atoms with E-state index in [1.165, 1.54) is 0 Å². The molecule has 78 valence electrons. The molecular weight excluding hydrogens is 178 g/mol. The summed E-state index contributed by atoms with van der Waals surface area (Å²) in [6.07, 6.45) is 6.44. The van der Waals surface area contributed by atoms with Gasteiger partial charge in [0.15, 0.2) is 5.84 Å². The second kappa shape index (κ2) is 3.04. The number of hydrogen-bond donors (Lipinski definition) is 1. The van der Waals surface area contributed by atoms with Crippen molar-refractivity contribution in [2.45, 2.75) is 45.4 Å². The molecule has 0 heterocycles. The molecule has 4 nitrogen and oxygen atoms in total. The normalized spacial score (nSPS) is 42.5. The third-order valence-corrected chi connectivity index (χ3v) is 4.29. The zero-order valence-electron chi connectivity index (χ0n) is 8.53. The Bertz CT molecular complexity index is 261. The first-order chi connectivity index (χ1) is 6.64. The molecule has 4 heteroatoms. The largest absolute Gasteiger partial charge is 0.705 e. The summed E-state index contributed by atoms with van der Waals surface area (Å²) in [4.78, 5) is 0. The molecule has 3 aliphatic rings. The van der Waals surface area contributed by atoms with E-state index in [9.17, 15) is 0 Å². The van der Waals surface area contributed by atoms with Crippen LogP contribution in [0.25, 0.3) is 5.53 Å². The van der Waals surface area contributed by atoms with Crippen LogP contribution in [0.5, 0.6) is 0 Å². The van der Waals surface area contributed by atoms with Gasteiger partial charge >= 0.3 is 0 Å². The summed E-state index contributed by atoms with van der Waals surface area (Å²) in [6, 6.07) is 0. The third-order valence-electron chi connectivity index (χ3n) is 4.29. The number of amidine groups is 1. The molecule has 0 saturated heterocycles. The van der Waals surface area contributed by atoms with Gasteiger partial charge in [-0.1, -0.05) is 12.1 Å². The minimum absolute atomic E-state index is 0.138. The Morgan fingerprint density at radius 1 is 1.14 bits per heavy atom. The number of rotatable bonds is 1. The summed E-state index contributed by atoms with van der Waals surface area (Å²) in [5.41, 5.74) is 9.14. The molecule has 3 fully saturated rings. The zero-order chi connectivity index (χ0) is 10.2. The van der Waals surface area contributed by atoms with Crippen molar-refractivity contribution >= 4 is 5.84 Å². The van der Waals surface area contributed by atoms with Crippen LogP contribution in [0.1, 0.15) is 45.4 Å². The Morgan fingerprint density at radius 3 is 2.00 bits per heavy atom. The highest BCUT2D eigenvalue weighted by molar-refractivity contribution is 5.88. The van der Waals surface area contributed by atoms with E-state index in [-0.39, 0.29) is 11.3 Å². The van der Waals surface area contributed by atoms with Gasteiger partial charge in [-0.2, -0.15) is 0 Å². The molecule has 0 spiro atoms. The summed E-state index contributed by atoms with van der Waals surface area (Å²) in [5, 5.41) is 15.0. The van der Waals surface area contributed by atoms with Crippen molar-refractivity contribution in [3.8, 4) is 0 Å². The fourth-order valence-corrected chi connectivity index (χ4v) is 2.94. The Morgan fingerprint density at radius 2 is 1.64 bits per heavy atom. The van der Waals surface area contributed by atoms with Crippen LogP contribution in [0.15, 0.2) is 10.3 Å². The number of nitrogens with zero attached hydrogens (tertiary/aromatic N) is 3. The van der Waals surface area contributed by atoms with E-state index >= 15 is 0 Å². The molecule has 0 atom stereocenters. The standard InChI is InChI=1S/C10H16N3O/c1-9-2-5-10(6-3-9,7-4-9)8(12-11)13-14/h14H,2-7H2,1H3/q-1/b13-8-. The SMILES string of the molecule is CC12CCC(/C(N=[N-])=N/O)(CC1)CC2. The average Bonchev–Trinajstić information content (AvgIpc) is 2.22. The number of oxime groups is 1. The Hall–Kier alpha value is -0.930. The van der Waals surface area contributed by atoms with Crippen LogP contribution in [0, 0.1) is 10.8 Å². The lowest BCUT2D eigenvalue weighted by Crippen LogP contribution is -2.44. The van der Waals surface area contributed by atoms with Gasteiger partial charge in [0.05, 0.1) is 0 Å². The first-order valence-corrected chi connectivity index (χ1v) is 5.22. The predicted octanol–water partition coefficient (Wildman–Crippen LogP) is 3.16. The maximum atomic E-state index is 8.79. The molecule has 0 aromatic rings. The topological polar surface area (TPSA) is 67.2 Å². The van der Waals surface area contributed by atoms with Gasteiger partial charge in [0.1, 0.15) is 0 Å². The molecule has 0 unspecified atom stereocenters. The lowest BCUT2D eigenvalue weighted by Gasteiger charge is -2.51. The fourth-order valence-electron chi connectivity index (χ4n) is 2.94. The van der Waals surface area contributed by atoms with Gasteiger partial charge in [0, 0.05) is 5.41 Å². The molecular formula is C10H16N3O-. The molecule has 3 saturated carbocycles. The van der Waals surface area contributed by atoms with Crippen LogP contribution in [-0.2, 0) is 0 Å². The molecule has 0 amide bonds. The average molecular weight is 194 g/mol. The molecule has 2 bridgehead atoms. The third kappa shape index (κ3) is 1.24.